The Morgan fingerprint density at radius 1 is 1.31 bits per heavy atom. The van der Waals surface area contributed by atoms with Gasteiger partial charge in [0.1, 0.15) is 0 Å². The second-order valence-corrected chi connectivity index (χ2v) is 5.47. The first-order valence-corrected chi connectivity index (χ1v) is 5.08. The molecule has 0 unspecified atom stereocenters. The summed E-state index contributed by atoms with van der Waals surface area (Å²) in [5.74, 6) is 0.563. The van der Waals surface area contributed by atoms with Crippen molar-refractivity contribution in [2.75, 3.05) is 0 Å². The van der Waals surface area contributed by atoms with Crippen molar-refractivity contribution in [1.82, 2.24) is 0 Å². The fourth-order valence-corrected chi connectivity index (χ4v) is 1.85. The molecule has 0 saturated carbocycles. The number of hydrogen-bond donors (Lipinski definition) is 0. The summed E-state index contributed by atoms with van der Waals surface area (Å²) in [5.41, 5.74) is 2.15. The largest absolute Gasteiger partial charge is 0.295 e. The summed E-state index contributed by atoms with van der Waals surface area (Å²) in [7, 11) is 0. The highest BCUT2D eigenvalue weighted by molar-refractivity contribution is 6.23. The third-order valence-electron chi connectivity index (χ3n) is 3.01. The van der Waals surface area contributed by atoms with Gasteiger partial charge in [0.15, 0.2) is 5.78 Å². The summed E-state index contributed by atoms with van der Waals surface area (Å²) < 4.78 is 0. The monoisotopic (exact) mass is 200 g/mol. The lowest BCUT2D eigenvalue weighted by atomic mass is 9.78. The molecule has 1 aliphatic carbocycles. The van der Waals surface area contributed by atoms with E-state index in [9.17, 15) is 4.79 Å². The van der Waals surface area contributed by atoms with Crippen LogP contribution in [0.1, 0.15) is 40.5 Å². The molecule has 2 heteroatoms. The molecule has 0 radical (unpaired) electrons. The van der Waals surface area contributed by atoms with Crippen LogP contribution < -0.4 is 0 Å². The third-order valence-corrected chi connectivity index (χ3v) is 3.32. The van der Waals surface area contributed by atoms with Gasteiger partial charge in [-0.1, -0.05) is 5.57 Å². The van der Waals surface area contributed by atoms with Gasteiger partial charge < -0.3 is 0 Å². The molecule has 0 heterocycles. The molecule has 0 amide bonds. The summed E-state index contributed by atoms with van der Waals surface area (Å²) in [6, 6.07) is 0. The Balaban J connectivity index is 2.86. The number of halogens is 1. The molecule has 0 aromatic carbocycles. The Labute approximate surface area is 85.2 Å². The van der Waals surface area contributed by atoms with Gasteiger partial charge >= 0.3 is 0 Å². The number of Topliss-reactive ketones (excluding diaryl/α,β-unsaturated/α-hetero) is 1. The van der Waals surface area contributed by atoms with Crippen LogP contribution in [0.4, 0.5) is 0 Å². The maximum absolute atomic E-state index is 11.5. The minimum Gasteiger partial charge on any atom is -0.295 e. The van der Waals surface area contributed by atoms with Crippen LogP contribution in [0.3, 0.4) is 0 Å². The standard InChI is InChI=1S/C11H17ClO/c1-7-5-9(11(3,4)12)6-10(13)8(7)2/h9H,5-6H2,1-4H3/t9-/m1/s1. The molecule has 1 rings (SSSR count). The van der Waals surface area contributed by atoms with Crippen molar-refractivity contribution in [3.8, 4) is 0 Å². The lowest BCUT2D eigenvalue weighted by Gasteiger charge is -2.32. The van der Waals surface area contributed by atoms with E-state index in [1.807, 2.05) is 27.7 Å². The van der Waals surface area contributed by atoms with E-state index in [1.54, 1.807) is 0 Å². The van der Waals surface area contributed by atoms with Gasteiger partial charge in [-0.3, -0.25) is 4.79 Å². The average Bonchev–Trinajstić information content (AvgIpc) is 1.97. The average molecular weight is 201 g/mol. The minimum absolute atomic E-state index is 0.266. The molecule has 0 spiro atoms. The normalized spacial score (nSPS) is 25.3. The second kappa shape index (κ2) is 3.45. The molecule has 0 aliphatic heterocycles. The molecule has 0 fully saturated rings. The molecule has 1 atom stereocenters. The second-order valence-electron chi connectivity index (χ2n) is 4.50. The van der Waals surface area contributed by atoms with Gasteiger partial charge in [-0.2, -0.15) is 0 Å². The van der Waals surface area contributed by atoms with Crippen LogP contribution in [-0.4, -0.2) is 10.7 Å². The summed E-state index contributed by atoms with van der Waals surface area (Å²) >= 11 is 6.22. The fourth-order valence-electron chi connectivity index (χ4n) is 1.70. The van der Waals surface area contributed by atoms with Crippen LogP contribution in [0.2, 0.25) is 0 Å². The molecular formula is C11H17ClO. The Bertz CT molecular complexity index is 258. The van der Waals surface area contributed by atoms with E-state index >= 15 is 0 Å². The van der Waals surface area contributed by atoms with Crippen molar-refractivity contribution < 1.29 is 4.79 Å². The lowest BCUT2D eigenvalue weighted by molar-refractivity contribution is -0.117. The third kappa shape index (κ3) is 2.34. The van der Waals surface area contributed by atoms with E-state index < -0.39 is 0 Å². The Morgan fingerprint density at radius 2 is 1.85 bits per heavy atom. The first-order chi connectivity index (χ1) is 5.82. The van der Waals surface area contributed by atoms with Crippen LogP contribution in [-0.2, 0) is 4.79 Å². The van der Waals surface area contributed by atoms with E-state index in [-0.39, 0.29) is 10.7 Å². The van der Waals surface area contributed by atoms with Crippen molar-refractivity contribution >= 4 is 17.4 Å². The van der Waals surface area contributed by atoms with Crippen LogP contribution in [0.5, 0.6) is 0 Å². The highest BCUT2D eigenvalue weighted by atomic mass is 35.5. The van der Waals surface area contributed by atoms with Gasteiger partial charge in [-0.05, 0) is 45.6 Å². The van der Waals surface area contributed by atoms with Crippen LogP contribution >= 0.6 is 11.6 Å². The summed E-state index contributed by atoms with van der Waals surface area (Å²) in [6.45, 7) is 7.91. The molecule has 0 aromatic heterocycles. The number of carbonyl (C=O) groups is 1. The molecule has 13 heavy (non-hydrogen) atoms. The number of ketones is 1. The summed E-state index contributed by atoms with van der Waals surface area (Å²) in [5, 5.41) is 0. The topological polar surface area (TPSA) is 17.1 Å². The quantitative estimate of drug-likeness (QED) is 0.594. The van der Waals surface area contributed by atoms with E-state index in [0.717, 1.165) is 12.0 Å². The van der Waals surface area contributed by atoms with Gasteiger partial charge in [-0.25, -0.2) is 0 Å². The molecule has 0 bridgehead atoms. The molecule has 0 aromatic rings. The first kappa shape index (κ1) is 10.8. The SMILES string of the molecule is CC1=C(C)C(=O)C[C@H](C(C)(C)Cl)C1. The Hall–Kier alpha value is -0.300. The number of hydrogen-bond acceptors (Lipinski definition) is 1. The van der Waals surface area contributed by atoms with Gasteiger partial charge in [0.05, 0.1) is 0 Å². The van der Waals surface area contributed by atoms with Gasteiger partial charge in [0, 0.05) is 11.3 Å². The molecule has 74 valence electrons. The molecule has 1 nitrogen and oxygen atoms in total. The zero-order chi connectivity index (χ0) is 10.2. The zero-order valence-corrected chi connectivity index (χ0v) is 9.53. The van der Waals surface area contributed by atoms with Crippen LogP contribution in [0, 0.1) is 5.92 Å². The van der Waals surface area contributed by atoms with Crippen molar-refractivity contribution in [3.63, 3.8) is 0 Å². The summed E-state index contributed by atoms with van der Waals surface area (Å²) in [6.07, 6.45) is 1.58. The highest BCUT2D eigenvalue weighted by Crippen LogP contribution is 2.37. The van der Waals surface area contributed by atoms with Gasteiger partial charge in [0.25, 0.3) is 0 Å². The van der Waals surface area contributed by atoms with Crippen LogP contribution in [0.15, 0.2) is 11.1 Å². The van der Waals surface area contributed by atoms with E-state index in [1.165, 1.54) is 5.57 Å². The number of carbonyl (C=O) groups excluding carboxylic acids is 1. The predicted molar refractivity (Wildman–Crippen MR) is 56.0 cm³/mol. The lowest BCUT2D eigenvalue weighted by Crippen LogP contribution is -2.30. The summed E-state index contributed by atoms with van der Waals surface area (Å²) in [4.78, 5) is 11.3. The smallest absolute Gasteiger partial charge is 0.158 e. The highest BCUT2D eigenvalue weighted by Gasteiger charge is 2.33. The minimum atomic E-state index is -0.266. The number of alkyl halides is 1. The van der Waals surface area contributed by atoms with Crippen molar-refractivity contribution in [1.29, 1.82) is 0 Å². The molecule has 1 aliphatic rings. The Morgan fingerprint density at radius 3 is 2.23 bits per heavy atom. The predicted octanol–water partition coefficient (Wildman–Crippen LogP) is 3.32. The zero-order valence-electron chi connectivity index (χ0n) is 8.78. The molecule has 0 saturated heterocycles. The van der Waals surface area contributed by atoms with Gasteiger partial charge in [-0.15, -0.1) is 11.6 Å². The van der Waals surface area contributed by atoms with Crippen LogP contribution in [0.25, 0.3) is 0 Å². The number of rotatable bonds is 1. The van der Waals surface area contributed by atoms with E-state index in [2.05, 4.69) is 0 Å². The molecule has 0 N–H and O–H groups in total. The molecular weight excluding hydrogens is 184 g/mol. The maximum Gasteiger partial charge on any atom is 0.158 e. The Kier molecular flexibility index (Phi) is 2.86. The number of allylic oxidation sites excluding steroid dienone is 2. The van der Waals surface area contributed by atoms with E-state index in [4.69, 9.17) is 11.6 Å². The van der Waals surface area contributed by atoms with Crippen molar-refractivity contribution in [2.45, 2.75) is 45.4 Å². The first-order valence-electron chi connectivity index (χ1n) is 4.71. The van der Waals surface area contributed by atoms with Crippen molar-refractivity contribution in [3.05, 3.63) is 11.1 Å². The fraction of sp³-hybridized carbons (Fsp3) is 0.727. The van der Waals surface area contributed by atoms with Gasteiger partial charge in [0.2, 0.25) is 0 Å². The maximum atomic E-state index is 11.5. The van der Waals surface area contributed by atoms with Crippen molar-refractivity contribution in [2.24, 2.45) is 5.92 Å². The van der Waals surface area contributed by atoms with E-state index in [0.29, 0.717) is 12.3 Å².